The van der Waals surface area contributed by atoms with Gasteiger partial charge in [-0.3, -0.25) is 14.4 Å². The van der Waals surface area contributed by atoms with Gasteiger partial charge >= 0.3 is 12.1 Å². The number of hydrogen-bond donors (Lipinski definition) is 4. The number of alkyl carbamates (subject to hydrolysis) is 1. The zero-order valence-electron chi connectivity index (χ0n) is 28.2. The summed E-state index contributed by atoms with van der Waals surface area (Å²) < 4.78 is 17.0. The maximum atomic E-state index is 13.9. The fraction of sp³-hybridized carbons (Fsp3) is 0.316. The summed E-state index contributed by atoms with van der Waals surface area (Å²) in [6.45, 7) is 5.51. The molecule has 4 rings (SSSR count). The lowest BCUT2D eigenvalue weighted by molar-refractivity contribution is -0.139. The molecule has 0 fully saturated rings. The van der Waals surface area contributed by atoms with Gasteiger partial charge in [-0.25, -0.2) is 4.79 Å². The van der Waals surface area contributed by atoms with E-state index >= 15 is 0 Å². The summed E-state index contributed by atoms with van der Waals surface area (Å²) in [7, 11) is 1.57. The van der Waals surface area contributed by atoms with Crippen molar-refractivity contribution >= 4 is 34.6 Å². The molecular weight excluding hydrogens is 626 g/mol. The largest absolute Gasteiger partial charge is 0.497 e. The molecule has 0 bridgehead atoms. The van der Waals surface area contributed by atoms with Gasteiger partial charge in [0.15, 0.2) is 0 Å². The molecule has 0 aliphatic heterocycles. The van der Waals surface area contributed by atoms with Gasteiger partial charge in [-0.15, -0.1) is 0 Å². The molecule has 0 aromatic heterocycles. The minimum absolute atomic E-state index is 0.0178. The number of carbonyl (C=O) groups excluding carboxylic acids is 3. The van der Waals surface area contributed by atoms with Crippen molar-refractivity contribution in [1.82, 2.24) is 16.0 Å². The highest BCUT2D eigenvalue weighted by Gasteiger charge is 2.27. The fourth-order valence-electron chi connectivity index (χ4n) is 5.22. The minimum Gasteiger partial charge on any atom is -0.497 e. The van der Waals surface area contributed by atoms with Gasteiger partial charge in [-0.2, -0.15) is 0 Å². The Morgan fingerprint density at radius 2 is 1.55 bits per heavy atom. The van der Waals surface area contributed by atoms with Crippen molar-refractivity contribution in [3.05, 3.63) is 108 Å². The average Bonchev–Trinajstić information content (AvgIpc) is 3.06. The SMILES string of the molecule is COc1cccc(CCNC(=O)C(CC(=O)O)NC(=O)c2c(OCC(Cc3ccccc3)NC(=O)OC(C)(C)C)ccc3ccccc23)c1. The number of aliphatic carboxylic acids is 1. The Kier molecular flexibility index (Phi) is 12.6. The molecule has 2 atom stereocenters. The minimum atomic E-state index is -1.36. The predicted octanol–water partition coefficient (Wildman–Crippen LogP) is 5.30. The van der Waals surface area contributed by atoms with Crippen molar-refractivity contribution in [2.24, 2.45) is 0 Å². The normalized spacial score (nSPS) is 12.3. The Labute approximate surface area is 285 Å². The first-order valence-corrected chi connectivity index (χ1v) is 16.0. The Morgan fingerprint density at radius 3 is 2.27 bits per heavy atom. The molecule has 0 saturated heterocycles. The van der Waals surface area contributed by atoms with Crippen LogP contribution < -0.4 is 25.4 Å². The van der Waals surface area contributed by atoms with E-state index in [0.717, 1.165) is 16.5 Å². The Bertz CT molecular complexity index is 1750. The van der Waals surface area contributed by atoms with Crippen LogP contribution in [0.4, 0.5) is 4.79 Å². The lowest BCUT2D eigenvalue weighted by Crippen LogP contribution is -2.48. The van der Waals surface area contributed by atoms with Gasteiger partial charge in [0.05, 0.1) is 25.1 Å². The van der Waals surface area contributed by atoms with Crippen molar-refractivity contribution in [2.45, 2.75) is 57.7 Å². The van der Waals surface area contributed by atoms with Crippen LogP contribution in [0.2, 0.25) is 0 Å². The molecular formula is C38H43N3O8. The van der Waals surface area contributed by atoms with E-state index in [9.17, 15) is 24.3 Å². The van der Waals surface area contributed by atoms with Gasteiger partial charge in [-0.05, 0) is 73.7 Å². The van der Waals surface area contributed by atoms with E-state index in [1.807, 2.05) is 66.7 Å². The summed E-state index contributed by atoms with van der Waals surface area (Å²) in [6.07, 6.45) is -0.343. The Hall–Kier alpha value is -5.58. The molecule has 2 unspecified atom stereocenters. The van der Waals surface area contributed by atoms with Crippen molar-refractivity contribution < 1.29 is 38.5 Å². The second kappa shape index (κ2) is 17.0. The zero-order chi connectivity index (χ0) is 35.4. The zero-order valence-corrected chi connectivity index (χ0v) is 28.2. The van der Waals surface area contributed by atoms with Crippen LogP contribution in [0.1, 0.15) is 48.7 Å². The highest BCUT2D eigenvalue weighted by atomic mass is 16.6. The summed E-state index contributed by atoms with van der Waals surface area (Å²) >= 11 is 0. The van der Waals surface area contributed by atoms with Gasteiger partial charge in [-0.1, -0.05) is 72.8 Å². The first-order valence-electron chi connectivity index (χ1n) is 16.0. The summed E-state index contributed by atoms with van der Waals surface area (Å²) in [5.74, 6) is -1.68. The molecule has 4 aromatic carbocycles. The van der Waals surface area contributed by atoms with Crippen LogP contribution in [-0.4, -0.2) is 66.9 Å². The van der Waals surface area contributed by atoms with E-state index in [2.05, 4.69) is 16.0 Å². The second-order valence-electron chi connectivity index (χ2n) is 12.5. The Balaban J connectivity index is 1.54. The molecule has 3 amide bonds. The molecule has 11 nitrogen and oxygen atoms in total. The molecule has 258 valence electrons. The molecule has 4 aromatic rings. The number of ether oxygens (including phenoxy) is 3. The maximum absolute atomic E-state index is 13.9. The number of carboxylic acid groups (broad SMARTS) is 1. The number of methoxy groups -OCH3 is 1. The lowest BCUT2D eigenvalue weighted by atomic mass is 10.0. The van der Waals surface area contributed by atoms with Crippen LogP contribution in [0, 0.1) is 0 Å². The molecule has 0 aliphatic carbocycles. The number of rotatable bonds is 15. The summed E-state index contributed by atoms with van der Waals surface area (Å²) in [5.41, 5.74) is 1.30. The Morgan fingerprint density at radius 1 is 0.837 bits per heavy atom. The standard InChI is InChI=1S/C38H43N3O8/c1-38(2,3)49-37(46)40-28(21-25-11-6-5-7-12-25)24-48-32-18-17-27-14-8-9-16-30(27)34(32)36(45)41-31(23-33(42)43)35(44)39-20-19-26-13-10-15-29(22-26)47-4/h5-18,22,28,31H,19-21,23-24H2,1-4H3,(H,39,44)(H,40,46)(H,41,45)(H,42,43). The lowest BCUT2D eigenvalue weighted by Gasteiger charge is -2.24. The molecule has 0 saturated carbocycles. The van der Waals surface area contributed by atoms with E-state index in [4.69, 9.17) is 14.2 Å². The van der Waals surface area contributed by atoms with Gasteiger partial charge in [0.25, 0.3) is 5.91 Å². The maximum Gasteiger partial charge on any atom is 0.408 e. The highest BCUT2D eigenvalue weighted by Crippen LogP contribution is 2.29. The molecule has 0 aliphatic rings. The third-order valence-electron chi connectivity index (χ3n) is 7.45. The van der Waals surface area contributed by atoms with Crippen LogP contribution in [0.5, 0.6) is 11.5 Å². The van der Waals surface area contributed by atoms with Crippen LogP contribution in [0.15, 0.2) is 91.0 Å². The average molecular weight is 670 g/mol. The van der Waals surface area contributed by atoms with Crippen LogP contribution in [0.3, 0.4) is 0 Å². The third kappa shape index (κ3) is 11.3. The van der Waals surface area contributed by atoms with Gasteiger partial charge in [0.2, 0.25) is 5.91 Å². The van der Waals surface area contributed by atoms with E-state index in [1.54, 1.807) is 52.1 Å². The number of hydrogen-bond acceptors (Lipinski definition) is 7. The van der Waals surface area contributed by atoms with Gasteiger partial charge < -0.3 is 35.3 Å². The van der Waals surface area contributed by atoms with E-state index in [-0.39, 0.29) is 24.5 Å². The first-order chi connectivity index (χ1) is 23.4. The molecule has 0 spiro atoms. The smallest absolute Gasteiger partial charge is 0.408 e. The van der Waals surface area contributed by atoms with Crippen LogP contribution >= 0.6 is 0 Å². The summed E-state index contributed by atoms with van der Waals surface area (Å²) in [5, 5.41) is 19.1. The number of benzene rings is 4. The number of amides is 3. The highest BCUT2D eigenvalue weighted by molar-refractivity contribution is 6.10. The predicted molar refractivity (Wildman–Crippen MR) is 186 cm³/mol. The van der Waals surface area contributed by atoms with Crippen molar-refractivity contribution in [3.63, 3.8) is 0 Å². The van der Waals surface area contributed by atoms with Gasteiger partial charge in [0.1, 0.15) is 29.7 Å². The number of carboxylic acids is 1. The summed E-state index contributed by atoms with van der Waals surface area (Å²) in [6, 6.07) is 25.7. The van der Waals surface area contributed by atoms with Crippen LogP contribution in [-0.2, 0) is 27.2 Å². The van der Waals surface area contributed by atoms with E-state index in [1.165, 1.54) is 0 Å². The van der Waals surface area contributed by atoms with Crippen LogP contribution in [0.25, 0.3) is 10.8 Å². The molecule has 0 radical (unpaired) electrons. The fourth-order valence-corrected chi connectivity index (χ4v) is 5.22. The molecule has 11 heteroatoms. The topological polar surface area (TPSA) is 152 Å². The van der Waals surface area contributed by atoms with Crippen molar-refractivity contribution in [2.75, 3.05) is 20.3 Å². The summed E-state index contributed by atoms with van der Waals surface area (Å²) in [4.78, 5) is 51.6. The van der Waals surface area contributed by atoms with E-state index in [0.29, 0.717) is 24.0 Å². The number of fused-ring (bicyclic) bond motifs is 1. The first kappa shape index (κ1) is 36.3. The number of nitrogens with one attached hydrogen (secondary N) is 3. The molecule has 0 heterocycles. The van der Waals surface area contributed by atoms with Crippen molar-refractivity contribution in [3.8, 4) is 11.5 Å². The molecule has 4 N–H and O–H groups in total. The molecule has 49 heavy (non-hydrogen) atoms. The van der Waals surface area contributed by atoms with E-state index < -0.39 is 48.0 Å². The third-order valence-corrected chi connectivity index (χ3v) is 7.45. The van der Waals surface area contributed by atoms with Gasteiger partial charge in [0, 0.05) is 6.54 Å². The quantitative estimate of drug-likeness (QED) is 0.133. The second-order valence-corrected chi connectivity index (χ2v) is 12.5. The van der Waals surface area contributed by atoms with Crippen molar-refractivity contribution in [1.29, 1.82) is 0 Å². The monoisotopic (exact) mass is 669 g/mol. The number of carbonyl (C=O) groups is 4.